The molecule has 1 aliphatic heterocycles. The first-order valence-corrected chi connectivity index (χ1v) is 9.11. The first-order valence-electron chi connectivity index (χ1n) is 8.20. The number of hydrogen-bond donors (Lipinski definition) is 1. The number of likely N-dealkylation sites (tertiary alicyclic amines) is 1. The van der Waals surface area contributed by atoms with Gasteiger partial charge in [0.2, 0.25) is 0 Å². The number of hydrogen-bond acceptors (Lipinski definition) is 3. The van der Waals surface area contributed by atoms with Gasteiger partial charge in [-0.25, -0.2) is 0 Å². The molecule has 2 aromatic carbocycles. The van der Waals surface area contributed by atoms with Crippen molar-refractivity contribution in [2.75, 3.05) is 12.4 Å². The van der Waals surface area contributed by atoms with E-state index in [1.807, 2.05) is 6.07 Å². The number of amides is 1. The van der Waals surface area contributed by atoms with Gasteiger partial charge in [-0.1, -0.05) is 54.1 Å². The molecule has 6 heteroatoms. The molecule has 1 fully saturated rings. The predicted octanol–water partition coefficient (Wildman–Crippen LogP) is 4.39. The second kappa shape index (κ2) is 7.94. The number of nitrogens with zero attached hydrogens (tertiary/aromatic N) is 1. The van der Waals surface area contributed by atoms with Gasteiger partial charge in [-0.15, -0.1) is 11.6 Å². The average molecular weight is 390 g/mol. The summed E-state index contributed by atoms with van der Waals surface area (Å²) in [6, 6.07) is 15.0. The number of ketones is 1. The van der Waals surface area contributed by atoms with Crippen LogP contribution in [0.3, 0.4) is 0 Å². The van der Waals surface area contributed by atoms with Gasteiger partial charge in [0.1, 0.15) is 5.76 Å². The van der Waals surface area contributed by atoms with Crippen molar-refractivity contribution in [1.29, 1.82) is 0 Å². The van der Waals surface area contributed by atoms with Crippen LogP contribution in [0.25, 0.3) is 5.76 Å². The Kier molecular flexibility index (Phi) is 5.64. The Labute approximate surface area is 161 Å². The Morgan fingerprint density at radius 1 is 1.04 bits per heavy atom. The Hall–Kier alpha value is -2.30. The van der Waals surface area contributed by atoms with Crippen LogP contribution < -0.4 is 0 Å². The van der Waals surface area contributed by atoms with E-state index in [4.69, 9.17) is 23.2 Å². The van der Waals surface area contributed by atoms with E-state index in [1.165, 1.54) is 4.90 Å². The highest BCUT2D eigenvalue weighted by atomic mass is 35.5. The molecule has 0 aromatic heterocycles. The van der Waals surface area contributed by atoms with Crippen molar-refractivity contribution in [2.24, 2.45) is 0 Å². The highest BCUT2D eigenvalue weighted by Crippen LogP contribution is 2.39. The van der Waals surface area contributed by atoms with E-state index in [2.05, 4.69) is 0 Å². The molecule has 1 heterocycles. The zero-order valence-electron chi connectivity index (χ0n) is 13.9. The zero-order valence-corrected chi connectivity index (χ0v) is 15.4. The second-order valence-electron chi connectivity index (χ2n) is 5.95. The minimum atomic E-state index is -0.694. The van der Waals surface area contributed by atoms with E-state index in [0.29, 0.717) is 35.0 Å². The van der Waals surface area contributed by atoms with Gasteiger partial charge in [-0.05, 0) is 24.1 Å². The number of aliphatic hydroxyl groups is 1. The molecule has 1 atom stereocenters. The van der Waals surface area contributed by atoms with Crippen molar-refractivity contribution in [3.8, 4) is 0 Å². The molecule has 0 aliphatic carbocycles. The molecule has 1 N–H and O–H groups in total. The average Bonchev–Trinajstić information content (AvgIpc) is 2.91. The molecule has 1 amide bonds. The molecular weight excluding hydrogens is 373 g/mol. The van der Waals surface area contributed by atoms with Crippen LogP contribution in [0.15, 0.2) is 60.2 Å². The second-order valence-corrected chi connectivity index (χ2v) is 6.77. The quantitative estimate of drug-likeness (QED) is 0.357. The minimum Gasteiger partial charge on any atom is -0.507 e. The van der Waals surface area contributed by atoms with E-state index in [1.54, 1.807) is 48.5 Å². The third kappa shape index (κ3) is 3.48. The normalized spacial score (nSPS) is 19.2. The first-order chi connectivity index (χ1) is 12.5. The van der Waals surface area contributed by atoms with Crippen molar-refractivity contribution in [1.82, 2.24) is 4.90 Å². The van der Waals surface area contributed by atoms with E-state index in [9.17, 15) is 14.7 Å². The monoisotopic (exact) mass is 389 g/mol. The lowest BCUT2D eigenvalue weighted by Gasteiger charge is -2.25. The molecule has 26 heavy (non-hydrogen) atoms. The van der Waals surface area contributed by atoms with Crippen LogP contribution in [0.4, 0.5) is 0 Å². The molecule has 134 valence electrons. The van der Waals surface area contributed by atoms with E-state index in [0.717, 1.165) is 0 Å². The molecule has 2 aromatic rings. The van der Waals surface area contributed by atoms with Crippen LogP contribution in [0.2, 0.25) is 5.02 Å². The highest BCUT2D eigenvalue weighted by molar-refractivity contribution is 6.46. The maximum atomic E-state index is 12.7. The summed E-state index contributed by atoms with van der Waals surface area (Å²) in [6.45, 7) is 0.326. The first kappa shape index (κ1) is 18.5. The smallest absolute Gasteiger partial charge is 0.295 e. The number of halogens is 2. The summed E-state index contributed by atoms with van der Waals surface area (Å²) in [6.07, 6.45) is 0.546. The van der Waals surface area contributed by atoms with Gasteiger partial charge < -0.3 is 10.0 Å². The van der Waals surface area contributed by atoms with Crippen molar-refractivity contribution in [3.63, 3.8) is 0 Å². The fourth-order valence-corrected chi connectivity index (χ4v) is 3.33. The lowest BCUT2D eigenvalue weighted by atomic mass is 9.95. The van der Waals surface area contributed by atoms with Gasteiger partial charge >= 0.3 is 0 Å². The molecule has 0 radical (unpaired) electrons. The lowest BCUT2D eigenvalue weighted by Crippen LogP contribution is -2.30. The SMILES string of the molecule is O=C1C(=O)N(CCCCl)C(c2ccc(Cl)cc2)/C1=C(\O)c1ccccc1. The summed E-state index contributed by atoms with van der Waals surface area (Å²) in [5, 5.41) is 11.3. The molecule has 0 spiro atoms. The van der Waals surface area contributed by atoms with E-state index in [-0.39, 0.29) is 11.3 Å². The number of carbonyl (C=O) groups excluding carboxylic acids is 2. The zero-order chi connectivity index (χ0) is 18.7. The van der Waals surface area contributed by atoms with Crippen molar-refractivity contribution in [2.45, 2.75) is 12.5 Å². The third-order valence-corrected chi connectivity index (χ3v) is 4.82. The minimum absolute atomic E-state index is 0.0816. The molecule has 3 rings (SSSR count). The molecule has 4 nitrogen and oxygen atoms in total. The highest BCUT2D eigenvalue weighted by Gasteiger charge is 2.45. The molecule has 1 saturated heterocycles. The van der Waals surface area contributed by atoms with Crippen LogP contribution in [0.5, 0.6) is 0 Å². The van der Waals surface area contributed by atoms with Gasteiger partial charge in [0, 0.05) is 23.0 Å². The van der Waals surface area contributed by atoms with Crippen LogP contribution in [-0.4, -0.2) is 34.1 Å². The fourth-order valence-electron chi connectivity index (χ4n) is 3.08. The van der Waals surface area contributed by atoms with Gasteiger partial charge in [0.25, 0.3) is 11.7 Å². The predicted molar refractivity (Wildman–Crippen MR) is 102 cm³/mol. The number of aliphatic hydroxyl groups excluding tert-OH is 1. The summed E-state index contributed by atoms with van der Waals surface area (Å²) in [4.78, 5) is 26.7. The standard InChI is InChI=1S/C20H17Cl2NO3/c21-11-4-12-23-17(13-7-9-15(22)10-8-13)16(19(25)20(23)26)18(24)14-5-2-1-3-6-14/h1-3,5-10,17,24H,4,11-12H2/b18-16+. The molecule has 1 aliphatic rings. The van der Waals surface area contributed by atoms with Crippen molar-refractivity contribution >= 4 is 40.7 Å². The summed E-state index contributed by atoms with van der Waals surface area (Å²) < 4.78 is 0. The van der Waals surface area contributed by atoms with Gasteiger partial charge in [-0.2, -0.15) is 0 Å². The Morgan fingerprint density at radius 2 is 1.69 bits per heavy atom. The summed E-state index contributed by atoms with van der Waals surface area (Å²) in [5.74, 6) is -1.14. The largest absolute Gasteiger partial charge is 0.507 e. The van der Waals surface area contributed by atoms with Crippen LogP contribution in [-0.2, 0) is 9.59 Å². The lowest BCUT2D eigenvalue weighted by molar-refractivity contribution is -0.139. The Morgan fingerprint density at radius 3 is 2.31 bits per heavy atom. The van der Waals surface area contributed by atoms with Crippen LogP contribution in [0.1, 0.15) is 23.6 Å². The number of alkyl halides is 1. The summed E-state index contributed by atoms with van der Waals surface area (Å²) in [7, 11) is 0. The number of benzene rings is 2. The van der Waals surface area contributed by atoms with Crippen LogP contribution >= 0.6 is 23.2 Å². The number of Topliss-reactive ketones (excluding diaryl/α,β-unsaturated/α-hetero) is 1. The van der Waals surface area contributed by atoms with Gasteiger partial charge in [-0.3, -0.25) is 9.59 Å². The molecular formula is C20H17Cl2NO3. The molecule has 0 saturated carbocycles. The number of rotatable bonds is 5. The topological polar surface area (TPSA) is 57.6 Å². The Balaban J connectivity index is 2.15. The summed E-state index contributed by atoms with van der Waals surface area (Å²) in [5.41, 5.74) is 1.28. The van der Waals surface area contributed by atoms with Gasteiger partial charge in [0.15, 0.2) is 0 Å². The third-order valence-electron chi connectivity index (χ3n) is 4.31. The van der Waals surface area contributed by atoms with Crippen LogP contribution in [0, 0.1) is 0 Å². The maximum absolute atomic E-state index is 12.7. The Bertz CT molecular complexity index is 847. The fraction of sp³-hybridized carbons (Fsp3) is 0.200. The van der Waals surface area contributed by atoms with E-state index < -0.39 is 17.7 Å². The maximum Gasteiger partial charge on any atom is 0.295 e. The van der Waals surface area contributed by atoms with Crippen molar-refractivity contribution < 1.29 is 14.7 Å². The van der Waals surface area contributed by atoms with E-state index >= 15 is 0 Å². The van der Waals surface area contributed by atoms with Gasteiger partial charge in [0.05, 0.1) is 11.6 Å². The summed E-state index contributed by atoms with van der Waals surface area (Å²) >= 11 is 11.7. The number of carbonyl (C=O) groups is 2. The molecule has 0 bridgehead atoms. The molecule has 1 unspecified atom stereocenters. The van der Waals surface area contributed by atoms with Crippen molar-refractivity contribution in [3.05, 3.63) is 76.3 Å².